The molecule has 0 radical (unpaired) electrons. The summed E-state index contributed by atoms with van der Waals surface area (Å²) in [7, 11) is 2.06. The van der Waals surface area contributed by atoms with Crippen LogP contribution in [0.1, 0.15) is 49.9 Å². The van der Waals surface area contributed by atoms with Crippen molar-refractivity contribution in [3.8, 4) is 0 Å². The topological polar surface area (TPSA) is 73.9 Å². The summed E-state index contributed by atoms with van der Waals surface area (Å²) in [6.07, 6.45) is 8.41. The van der Waals surface area contributed by atoms with E-state index in [-0.39, 0.29) is 11.9 Å². The van der Waals surface area contributed by atoms with Crippen molar-refractivity contribution in [3.05, 3.63) is 18.0 Å². The fourth-order valence-corrected chi connectivity index (χ4v) is 3.04. The number of hydrogen-bond acceptors (Lipinski definition) is 4. The van der Waals surface area contributed by atoms with Gasteiger partial charge in [0, 0.05) is 25.3 Å². The molecule has 1 saturated carbocycles. The zero-order chi connectivity index (χ0) is 15.7. The molecule has 2 heterocycles. The molecule has 2 N–H and O–H groups in total. The summed E-state index contributed by atoms with van der Waals surface area (Å²) in [6, 6.07) is 0.619. The molecular formula is C16H23N5O. The van der Waals surface area contributed by atoms with Gasteiger partial charge in [-0.1, -0.05) is 12.8 Å². The number of nitrogens with one attached hydrogen (secondary N) is 2. The van der Waals surface area contributed by atoms with Gasteiger partial charge in [-0.2, -0.15) is 0 Å². The highest BCUT2D eigenvalue weighted by molar-refractivity contribution is 6.04. The van der Waals surface area contributed by atoms with Crippen molar-refractivity contribution in [2.75, 3.05) is 11.9 Å². The van der Waals surface area contributed by atoms with Gasteiger partial charge in [-0.3, -0.25) is 4.79 Å². The van der Waals surface area contributed by atoms with Gasteiger partial charge < -0.3 is 15.2 Å². The monoisotopic (exact) mass is 301 g/mol. The van der Waals surface area contributed by atoms with E-state index in [1.165, 1.54) is 25.7 Å². The summed E-state index contributed by atoms with van der Waals surface area (Å²) >= 11 is 0. The van der Waals surface area contributed by atoms with Crippen molar-refractivity contribution >= 4 is 22.9 Å². The average molecular weight is 301 g/mol. The van der Waals surface area contributed by atoms with Crippen LogP contribution in [0.2, 0.25) is 0 Å². The standard InChI is InChI=1S/C16H23N5O/c1-10(2)19-16(22)12-8-17-15-14(12)20-13(9-18-15)21(3)11-6-4-5-7-11/h8-11H,4-7H2,1-3H3,(H,17,18)(H,19,22). The highest BCUT2D eigenvalue weighted by Crippen LogP contribution is 2.26. The summed E-state index contributed by atoms with van der Waals surface area (Å²) in [5, 5.41) is 2.90. The maximum absolute atomic E-state index is 12.3. The number of carbonyl (C=O) groups excluding carboxylic acids is 1. The van der Waals surface area contributed by atoms with Crippen LogP contribution in [0.3, 0.4) is 0 Å². The Morgan fingerprint density at radius 3 is 2.82 bits per heavy atom. The normalized spacial score (nSPS) is 15.6. The van der Waals surface area contributed by atoms with E-state index in [9.17, 15) is 4.79 Å². The lowest BCUT2D eigenvalue weighted by Gasteiger charge is -2.24. The van der Waals surface area contributed by atoms with Crippen LogP contribution in [-0.4, -0.2) is 40.0 Å². The lowest BCUT2D eigenvalue weighted by molar-refractivity contribution is 0.0944. The van der Waals surface area contributed by atoms with E-state index >= 15 is 0 Å². The number of hydrogen-bond donors (Lipinski definition) is 2. The quantitative estimate of drug-likeness (QED) is 0.910. The summed E-state index contributed by atoms with van der Waals surface area (Å²) in [5.41, 5.74) is 1.84. The van der Waals surface area contributed by atoms with Crippen LogP contribution in [0.25, 0.3) is 11.2 Å². The van der Waals surface area contributed by atoms with Gasteiger partial charge in [-0.15, -0.1) is 0 Å². The lowest BCUT2D eigenvalue weighted by atomic mass is 10.2. The molecule has 2 aromatic rings. The molecule has 1 amide bonds. The highest BCUT2D eigenvalue weighted by Gasteiger charge is 2.22. The Morgan fingerprint density at radius 1 is 1.41 bits per heavy atom. The molecule has 0 atom stereocenters. The molecule has 0 aromatic carbocycles. The van der Waals surface area contributed by atoms with Crippen LogP contribution in [0.4, 0.5) is 5.82 Å². The number of amides is 1. The SMILES string of the molecule is CC(C)NC(=O)c1c[nH]c2ncc(N(C)C3CCCC3)nc12. The van der Waals surface area contributed by atoms with Crippen LogP contribution in [0, 0.1) is 0 Å². The van der Waals surface area contributed by atoms with Crippen LogP contribution in [0.5, 0.6) is 0 Å². The van der Waals surface area contributed by atoms with Crippen LogP contribution in [0.15, 0.2) is 12.4 Å². The fourth-order valence-electron chi connectivity index (χ4n) is 3.04. The second-order valence-corrected chi connectivity index (χ2v) is 6.31. The molecule has 1 aliphatic rings. The summed E-state index contributed by atoms with van der Waals surface area (Å²) in [6.45, 7) is 3.88. The maximum Gasteiger partial charge on any atom is 0.255 e. The first kappa shape index (κ1) is 14.8. The molecule has 0 saturated heterocycles. The zero-order valence-electron chi connectivity index (χ0n) is 13.4. The molecule has 6 heteroatoms. The number of aromatic nitrogens is 3. The molecule has 0 aliphatic heterocycles. The number of aromatic amines is 1. The Morgan fingerprint density at radius 2 is 2.14 bits per heavy atom. The molecule has 22 heavy (non-hydrogen) atoms. The van der Waals surface area contributed by atoms with Gasteiger partial charge in [0.15, 0.2) is 5.65 Å². The number of carbonyl (C=O) groups is 1. The first-order valence-corrected chi connectivity index (χ1v) is 7.94. The lowest BCUT2D eigenvalue weighted by Crippen LogP contribution is -2.30. The smallest absolute Gasteiger partial charge is 0.255 e. The second kappa shape index (κ2) is 5.94. The van der Waals surface area contributed by atoms with Gasteiger partial charge in [0.05, 0.1) is 11.8 Å². The highest BCUT2D eigenvalue weighted by atomic mass is 16.1. The van der Waals surface area contributed by atoms with Crippen molar-refractivity contribution in [3.63, 3.8) is 0 Å². The third-order valence-electron chi connectivity index (χ3n) is 4.27. The molecule has 0 spiro atoms. The molecular weight excluding hydrogens is 278 g/mol. The number of rotatable bonds is 4. The minimum absolute atomic E-state index is 0.0924. The number of nitrogens with zero attached hydrogens (tertiary/aromatic N) is 3. The van der Waals surface area contributed by atoms with Crippen molar-refractivity contribution in [2.24, 2.45) is 0 Å². The Labute approximate surface area is 130 Å². The Balaban J connectivity index is 1.92. The second-order valence-electron chi connectivity index (χ2n) is 6.31. The predicted octanol–water partition coefficient (Wildman–Crippen LogP) is 2.47. The summed E-state index contributed by atoms with van der Waals surface area (Å²) in [5.74, 6) is 0.716. The van der Waals surface area contributed by atoms with Gasteiger partial charge >= 0.3 is 0 Å². The first-order chi connectivity index (χ1) is 10.6. The minimum atomic E-state index is -0.115. The number of anilines is 1. The average Bonchev–Trinajstić information content (AvgIpc) is 3.14. The van der Waals surface area contributed by atoms with Crippen molar-refractivity contribution in [1.29, 1.82) is 0 Å². The molecule has 1 fully saturated rings. The van der Waals surface area contributed by atoms with Gasteiger partial charge in [-0.05, 0) is 26.7 Å². The van der Waals surface area contributed by atoms with Crippen molar-refractivity contribution in [1.82, 2.24) is 20.3 Å². The maximum atomic E-state index is 12.3. The fraction of sp³-hybridized carbons (Fsp3) is 0.562. The Kier molecular flexibility index (Phi) is 4.00. The summed E-state index contributed by atoms with van der Waals surface area (Å²) in [4.78, 5) is 26.6. The van der Waals surface area contributed by atoms with E-state index in [2.05, 4.69) is 32.2 Å². The number of H-pyrrole nitrogens is 1. The molecule has 0 unspecified atom stereocenters. The minimum Gasteiger partial charge on any atom is -0.355 e. The third kappa shape index (κ3) is 2.77. The first-order valence-electron chi connectivity index (χ1n) is 7.94. The van der Waals surface area contributed by atoms with Crippen molar-refractivity contribution in [2.45, 2.75) is 51.6 Å². The molecule has 118 valence electrons. The Bertz CT molecular complexity index is 672. The van der Waals surface area contributed by atoms with Gasteiger partial charge in [0.1, 0.15) is 11.3 Å². The van der Waals surface area contributed by atoms with Gasteiger partial charge in [0.25, 0.3) is 5.91 Å². The van der Waals surface area contributed by atoms with E-state index in [4.69, 9.17) is 0 Å². The number of fused-ring (bicyclic) bond motifs is 1. The van der Waals surface area contributed by atoms with E-state index in [1.54, 1.807) is 12.4 Å². The van der Waals surface area contributed by atoms with E-state index in [0.717, 1.165) is 5.82 Å². The molecule has 0 bridgehead atoms. The predicted molar refractivity (Wildman–Crippen MR) is 87.1 cm³/mol. The third-order valence-corrected chi connectivity index (χ3v) is 4.27. The largest absolute Gasteiger partial charge is 0.355 e. The van der Waals surface area contributed by atoms with E-state index in [1.807, 2.05) is 13.8 Å². The summed E-state index contributed by atoms with van der Waals surface area (Å²) < 4.78 is 0. The molecule has 3 rings (SSSR count). The molecule has 2 aromatic heterocycles. The van der Waals surface area contributed by atoms with Gasteiger partial charge in [-0.25, -0.2) is 9.97 Å². The zero-order valence-corrected chi connectivity index (χ0v) is 13.4. The molecule has 6 nitrogen and oxygen atoms in total. The van der Waals surface area contributed by atoms with Crippen LogP contribution >= 0.6 is 0 Å². The van der Waals surface area contributed by atoms with E-state index in [0.29, 0.717) is 22.8 Å². The van der Waals surface area contributed by atoms with Crippen LogP contribution < -0.4 is 10.2 Å². The molecule has 1 aliphatic carbocycles. The van der Waals surface area contributed by atoms with Crippen molar-refractivity contribution < 1.29 is 4.79 Å². The van der Waals surface area contributed by atoms with Crippen LogP contribution in [-0.2, 0) is 0 Å². The Hall–Kier alpha value is -2.11. The van der Waals surface area contributed by atoms with E-state index < -0.39 is 0 Å². The van der Waals surface area contributed by atoms with Gasteiger partial charge in [0.2, 0.25) is 0 Å².